The van der Waals surface area contributed by atoms with Crippen molar-refractivity contribution in [1.82, 2.24) is 9.78 Å². The number of thiophene rings is 1. The predicted octanol–water partition coefficient (Wildman–Crippen LogP) is 2.88. The molecule has 0 radical (unpaired) electrons. The van der Waals surface area contributed by atoms with Crippen LogP contribution in [0.2, 0.25) is 0 Å². The third kappa shape index (κ3) is 2.32. The molecule has 0 amide bonds. The highest BCUT2D eigenvalue weighted by molar-refractivity contribution is 7.08. The molecule has 1 aromatic carbocycles. The summed E-state index contributed by atoms with van der Waals surface area (Å²) in [6.07, 6.45) is 1.54. The molecule has 6 nitrogen and oxygen atoms in total. The summed E-state index contributed by atoms with van der Waals surface area (Å²) in [5.41, 5.74) is 2.08. The van der Waals surface area contributed by atoms with Crippen molar-refractivity contribution in [2.75, 3.05) is 0 Å². The summed E-state index contributed by atoms with van der Waals surface area (Å²) in [7, 11) is 0. The Morgan fingerprint density at radius 1 is 1.36 bits per heavy atom. The van der Waals surface area contributed by atoms with Crippen molar-refractivity contribution in [3.8, 4) is 28.8 Å². The molecule has 2 N–H and O–H groups in total. The fourth-order valence-corrected chi connectivity index (χ4v) is 2.68. The predicted molar refractivity (Wildman–Crippen MR) is 80.2 cm³/mol. The molecule has 3 aromatic rings. The number of hydrogen-bond acceptors (Lipinski definition) is 5. The molecular weight excluding hydrogens is 302 g/mol. The maximum Gasteiger partial charge on any atom is 0.339 e. The first-order valence-corrected chi connectivity index (χ1v) is 7.13. The number of nitrogens with zero attached hydrogens (tertiary/aromatic N) is 3. The van der Waals surface area contributed by atoms with Gasteiger partial charge in [0, 0.05) is 23.2 Å². The standard InChI is InChI=1S/C15H9N3O3S/c16-6-10-7-18(17-14(10)9-3-4-22-8-9)11-1-2-12(15(20)21)13(19)5-11/h1-5,7-8,19H,(H,20,21). The Morgan fingerprint density at radius 2 is 2.18 bits per heavy atom. The maximum atomic E-state index is 10.9. The average Bonchev–Trinajstić information content (AvgIpc) is 3.15. The van der Waals surface area contributed by atoms with Crippen LogP contribution in [0.25, 0.3) is 16.9 Å². The number of hydrogen-bond donors (Lipinski definition) is 2. The van der Waals surface area contributed by atoms with E-state index in [0.717, 1.165) is 5.56 Å². The van der Waals surface area contributed by atoms with Gasteiger partial charge < -0.3 is 10.2 Å². The zero-order valence-electron chi connectivity index (χ0n) is 11.1. The van der Waals surface area contributed by atoms with Crippen molar-refractivity contribution in [2.45, 2.75) is 0 Å². The largest absolute Gasteiger partial charge is 0.507 e. The highest BCUT2D eigenvalue weighted by Gasteiger charge is 2.14. The number of aromatic nitrogens is 2. The minimum absolute atomic E-state index is 0.186. The van der Waals surface area contributed by atoms with Crippen molar-refractivity contribution >= 4 is 17.3 Å². The Bertz CT molecular complexity index is 891. The third-order valence-electron chi connectivity index (χ3n) is 3.11. The quantitative estimate of drug-likeness (QED) is 0.775. The first kappa shape index (κ1) is 13.9. The number of aromatic carboxylic acids is 1. The number of carbonyl (C=O) groups is 1. The van der Waals surface area contributed by atoms with Crippen LogP contribution < -0.4 is 0 Å². The molecule has 2 aromatic heterocycles. The molecule has 7 heteroatoms. The van der Waals surface area contributed by atoms with E-state index in [9.17, 15) is 15.2 Å². The number of carboxylic acid groups (broad SMARTS) is 1. The Labute approximate surface area is 129 Å². The summed E-state index contributed by atoms with van der Waals surface area (Å²) >= 11 is 1.50. The molecule has 0 spiro atoms. The van der Waals surface area contributed by atoms with Gasteiger partial charge in [0.05, 0.1) is 11.3 Å². The number of benzene rings is 1. The second-order valence-electron chi connectivity index (χ2n) is 4.47. The van der Waals surface area contributed by atoms with E-state index in [-0.39, 0.29) is 11.3 Å². The minimum Gasteiger partial charge on any atom is -0.507 e. The lowest BCUT2D eigenvalue weighted by molar-refractivity contribution is 0.0694. The lowest BCUT2D eigenvalue weighted by atomic mass is 10.2. The first-order chi connectivity index (χ1) is 10.6. The molecule has 0 atom stereocenters. The van der Waals surface area contributed by atoms with Crippen LogP contribution in [0.3, 0.4) is 0 Å². The maximum absolute atomic E-state index is 10.9. The minimum atomic E-state index is -1.21. The van der Waals surface area contributed by atoms with Crippen LogP contribution >= 0.6 is 11.3 Å². The summed E-state index contributed by atoms with van der Waals surface area (Å²) in [4.78, 5) is 10.9. The SMILES string of the molecule is N#Cc1cn(-c2ccc(C(=O)O)c(O)c2)nc1-c1ccsc1. The Hall–Kier alpha value is -3.11. The number of carboxylic acids is 1. The fourth-order valence-electron chi connectivity index (χ4n) is 2.04. The van der Waals surface area contributed by atoms with Crippen molar-refractivity contribution in [2.24, 2.45) is 0 Å². The molecule has 22 heavy (non-hydrogen) atoms. The van der Waals surface area contributed by atoms with Crippen molar-refractivity contribution < 1.29 is 15.0 Å². The van der Waals surface area contributed by atoms with Gasteiger partial charge in [0.1, 0.15) is 23.1 Å². The topological polar surface area (TPSA) is 99.1 Å². The highest BCUT2D eigenvalue weighted by atomic mass is 32.1. The second kappa shape index (κ2) is 5.35. The average molecular weight is 311 g/mol. The van der Waals surface area contributed by atoms with Crippen LogP contribution in [-0.2, 0) is 0 Å². The molecule has 0 aliphatic rings. The van der Waals surface area contributed by atoms with Gasteiger partial charge in [0.2, 0.25) is 0 Å². The first-order valence-electron chi connectivity index (χ1n) is 6.19. The lowest BCUT2D eigenvalue weighted by Crippen LogP contribution is -2.00. The Morgan fingerprint density at radius 3 is 2.77 bits per heavy atom. The number of nitriles is 1. The van der Waals surface area contributed by atoms with Gasteiger partial charge >= 0.3 is 5.97 Å². The molecule has 0 saturated carbocycles. The van der Waals surface area contributed by atoms with Crippen molar-refractivity contribution in [3.05, 3.63) is 52.3 Å². The van der Waals surface area contributed by atoms with Crippen molar-refractivity contribution in [3.63, 3.8) is 0 Å². The van der Waals surface area contributed by atoms with Crippen LogP contribution in [0.1, 0.15) is 15.9 Å². The molecule has 108 valence electrons. The molecule has 3 rings (SSSR count). The molecule has 0 unspecified atom stereocenters. The monoisotopic (exact) mass is 311 g/mol. The molecule has 0 aliphatic carbocycles. The van der Waals surface area contributed by atoms with Crippen LogP contribution in [0.4, 0.5) is 0 Å². The van der Waals surface area contributed by atoms with Gasteiger partial charge in [-0.15, -0.1) is 0 Å². The molecular formula is C15H9N3O3S. The van der Waals surface area contributed by atoms with Crippen LogP contribution in [-0.4, -0.2) is 26.0 Å². The van der Waals surface area contributed by atoms with Gasteiger partial charge in [-0.3, -0.25) is 0 Å². The lowest BCUT2D eigenvalue weighted by Gasteiger charge is -2.04. The van der Waals surface area contributed by atoms with E-state index in [2.05, 4.69) is 11.2 Å². The van der Waals surface area contributed by atoms with E-state index in [1.165, 1.54) is 34.2 Å². The normalized spacial score (nSPS) is 10.3. The number of phenols is 1. The highest BCUT2D eigenvalue weighted by Crippen LogP contribution is 2.27. The summed E-state index contributed by atoms with van der Waals surface area (Å²) in [6, 6.07) is 8.07. The molecule has 0 fully saturated rings. The van der Waals surface area contributed by atoms with Crippen LogP contribution in [0.15, 0.2) is 41.2 Å². The van der Waals surface area contributed by atoms with Crippen LogP contribution in [0.5, 0.6) is 5.75 Å². The Balaban J connectivity index is 2.08. The van der Waals surface area contributed by atoms with E-state index >= 15 is 0 Å². The summed E-state index contributed by atoms with van der Waals surface area (Å²) in [6.45, 7) is 0. The van der Waals surface area contributed by atoms with Crippen molar-refractivity contribution in [1.29, 1.82) is 5.26 Å². The van der Waals surface area contributed by atoms with Gasteiger partial charge in [0.25, 0.3) is 0 Å². The van der Waals surface area contributed by atoms with Gasteiger partial charge in [0.15, 0.2) is 0 Å². The zero-order valence-corrected chi connectivity index (χ0v) is 11.9. The molecule has 0 aliphatic heterocycles. The zero-order chi connectivity index (χ0) is 15.7. The Kier molecular flexibility index (Phi) is 3.37. The third-order valence-corrected chi connectivity index (χ3v) is 3.79. The smallest absolute Gasteiger partial charge is 0.339 e. The van der Waals surface area contributed by atoms with Gasteiger partial charge in [-0.2, -0.15) is 21.7 Å². The second-order valence-corrected chi connectivity index (χ2v) is 5.25. The molecule has 0 saturated heterocycles. The van der Waals surface area contributed by atoms with E-state index in [4.69, 9.17) is 5.11 Å². The fraction of sp³-hybridized carbons (Fsp3) is 0. The summed E-state index contributed by atoms with van der Waals surface area (Å²) in [5, 5.41) is 36.0. The van der Waals surface area contributed by atoms with Gasteiger partial charge in [-0.1, -0.05) is 0 Å². The van der Waals surface area contributed by atoms with E-state index in [0.29, 0.717) is 16.9 Å². The summed E-state index contributed by atoms with van der Waals surface area (Å²) < 4.78 is 1.44. The van der Waals surface area contributed by atoms with Crippen LogP contribution in [0, 0.1) is 11.3 Å². The van der Waals surface area contributed by atoms with E-state index in [1.54, 1.807) is 6.20 Å². The number of aromatic hydroxyl groups is 1. The number of rotatable bonds is 3. The van der Waals surface area contributed by atoms with Gasteiger partial charge in [-0.25, -0.2) is 9.48 Å². The molecule has 2 heterocycles. The molecule has 0 bridgehead atoms. The summed E-state index contributed by atoms with van der Waals surface area (Å²) in [5.74, 6) is -1.56. The van der Waals surface area contributed by atoms with Gasteiger partial charge in [-0.05, 0) is 23.6 Å². The van der Waals surface area contributed by atoms with E-state index in [1.807, 2.05) is 16.8 Å². The van der Waals surface area contributed by atoms with E-state index < -0.39 is 5.97 Å².